The third kappa shape index (κ3) is 11.2. The van der Waals surface area contributed by atoms with Gasteiger partial charge < -0.3 is 14.6 Å². The number of urea groups is 1. The number of carbonyl (C=O) groups excluding carboxylic acids is 3. The number of carbonyl (C=O) groups is 3. The highest BCUT2D eigenvalue weighted by molar-refractivity contribution is 6.04. The number of amides is 3. The fourth-order valence-electron chi connectivity index (χ4n) is 6.07. The summed E-state index contributed by atoms with van der Waals surface area (Å²) in [5.74, 6) is -0.403. The number of imide groups is 1. The van der Waals surface area contributed by atoms with E-state index in [0.29, 0.717) is 24.2 Å². The molecule has 2 rings (SSSR count). The zero-order valence-corrected chi connectivity index (χ0v) is 26.4. The van der Waals surface area contributed by atoms with Crippen LogP contribution in [-0.4, -0.2) is 47.0 Å². The summed E-state index contributed by atoms with van der Waals surface area (Å²) >= 11 is 0. The van der Waals surface area contributed by atoms with Crippen molar-refractivity contribution >= 4 is 24.3 Å². The Labute approximate surface area is 253 Å². The molecule has 0 saturated heterocycles. The molecule has 0 aromatic heterocycles. The van der Waals surface area contributed by atoms with Crippen molar-refractivity contribution in [3.8, 4) is 0 Å². The number of aliphatic hydroxyl groups excluding tert-OH is 1. The van der Waals surface area contributed by atoms with Crippen molar-refractivity contribution in [1.29, 1.82) is 0 Å². The van der Waals surface area contributed by atoms with Gasteiger partial charge in [0.15, 0.2) is 0 Å². The van der Waals surface area contributed by atoms with Gasteiger partial charge in [0.2, 0.25) is 0 Å². The summed E-state index contributed by atoms with van der Waals surface area (Å²) in [6.07, 6.45) is 16.4. The summed E-state index contributed by atoms with van der Waals surface area (Å²) in [7, 11) is 0. The molecule has 0 saturated carbocycles. The summed E-state index contributed by atoms with van der Waals surface area (Å²) in [5.41, 5.74) is 2.99. The molecule has 1 aliphatic heterocycles. The lowest BCUT2D eigenvalue weighted by Crippen LogP contribution is -2.48. The van der Waals surface area contributed by atoms with E-state index in [2.05, 4.69) is 11.9 Å². The van der Waals surface area contributed by atoms with Crippen LogP contribution in [0.4, 0.5) is 9.59 Å². The number of aliphatic imine (C=N–C) groups is 1. The number of aliphatic hydroxyl groups is 1. The van der Waals surface area contributed by atoms with Crippen LogP contribution in [0.25, 0.3) is 0 Å². The monoisotopic (exact) mass is 586 g/mol. The van der Waals surface area contributed by atoms with Crippen LogP contribution >= 0.6 is 0 Å². The minimum absolute atomic E-state index is 0.112. The highest BCUT2D eigenvalue weighted by atomic mass is 16.6. The average Bonchev–Trinajstić information content (AvgIpc) is 2.96. The molecule has 0 radical (unpaired) electrons. The van der Waals surface area contributed by atoms with Gasteiger partial charge in [-0.25, -0.2) is 19.5 Å². The minimum atomic E-state index is -0.766. The molecule has 236 valence electrons. The predicted molar refractivity (Wildman–Crippen MR) is 167 cm³/mol. The molecule has 8 nitrogen and oxygen atoms in total. The lowest BCUT2D eigenvalue weighted by Gasteiger charge is -2.40. The second kappa shape index (κ2) is 20.2. The average molecular weight is 587 g/mol. The SMILES string of the molecule is CCCCCCCCCCCCCCCc1cccc(CO)c1C1C(CC(C)OC=O)C(C)=NC(=O)N1C(=O)OCC. The summed E-state index contributed by atoms with van der Waals surface area (Å²) in [5, 5.41) is 10.3. The Morgan fingerprint density at radius 3 is 2.10 bits per heavy atom. The maximum Gasteiger partial charge on any atom is 0.418 e. The number of aryl methyl sites for hydroxylation is 1. The van der Waals surface area contributed by atoms with Crippen molar-refractivity contribution < 1.29 is 29.0 Å². The van der Waals surface area contributed by atoms with Gasteiger partial charge in [-0.05, 0) is 56.7 Å². The van der Waals surface area contributed by atoms with Gasteiger partial charge in [0.1, 0.15) is 0 Å². The standard InChI is InChI=1S/C34H54N2O6/c1-5-7-8-9-10-11-12-13-14-15-16-17-18-20-28-21-19-22-29(24-37)31(28)32-30(23-26(3)42-25-38)27(4)35-33(39)36(32)34(40)41-6-2/h19,21-22,25-26,30,32,37H,5-18,20,23-24H2,1-4H3. The van der Waals surface area contributed by atoms with E-state index < -0.39 is 30.2 Å². The molecule has 1 heterocycles. The Bertz CT molecular complexity index is 994. The lowest BCUT2D eigenvalue weighted by atomic mass is 9.79. The number of ether oxygens (including phenoxy) is 2. The Morgan fingerprint density at radius 2 is 1.55 bits per heavy atom. The third-order valence-electron chi connectivity index (χ3n) is 8.31. The molecular weight excluding hydrogens is 532 g/mol. The van der Waals surface area contributed by atoms with E-state index in [1.165, 1.54) is 70.6 Å². The lowest BCUT2D eigenvalue weighted by molar-refractivity contribution is -0.133. The normalized spacial score (nSPS) is 17.6. The number of rotatable bonds is 21. The summed E-state index contributed by atoms with van der Waals surface area (Å²) in [6, 6.07) is 4.36. The van der Waals surface area contributed by atoms with E-state index in [1.54, 1.807) is 20.8 Å². The van der Waals surface area contributed by atoms with Gasteiger partial charge in [0.25, 0.3) is 6.47 Å². The van der Waals surface area contributed by atoms with Gasteiger partial charge in [-0.3, -0.25) is 4.79 Å². The summed E-state index contributed by atoms with van der Waals surface area (Å²) in [6.45, 7) is 7.77. The second-order valence-corrected chi connectivity index (χ2v) is 11.6. The summed E-state index contributed by atoms with van der Waals surface area (Å²) < 4.78 is 10.5. The Hall–Kier alpha value is -2.74. The third-order valence-corrected chi connectivity index (χ3v) is 8.31. The number of benzene rings is 1. The molecule has 42 heavy (non-hydrogen) atoms. The van der Waals surface area contributed by atoms with E-state index in [4.69, 9.17) is 9.47 Å². The largest absolute Gasteiger partial charge is 0.465 e. The molecule has 1 aliphatic rings. The van der Waals surface area contributed by atoms with Gasteiger partial charge in [0, 0.05) is 11.6 Å². The van der Waals surface area contributed by atoms with Crippen LogP contribution in [0.3, 0.4) is 0 Å². The van der Waals surface area contributed by atoms with Gasteiger partial charge in [-0.2, -0.15) is 0 Å². The van der Waals surface area contributed by atoms with Crippen LogP contribution in [0.5, 0.6) is 0 Å². The van der Waals surface area contributed by atoms with E-state index in [0.717, 1.165) is 35.3 Å². The fraction of sp³-hybridized carbons (Fsp3) is 0.706. The topological polar surface area (TPSA) is 106 Å². The second-order valence-electron chi connectivity index (χ2n) is 11.6. The van der Waals surface area contributed by atoms with Crippen LogP contribution in [0.1, 0.15) is 140 Å². The maximum absolute atomic E-state index is 13.1. The quantitative estimate of drug-likeness (QED) is 0.114. The zero-order valence-electron chi connectivity index (χ0n) is 26.4. The number of hydrogen-bond acceptors (Lipinski definition) is 6. The van der Waals surface area contributed by atoms with E-state index in [1.807, 2.05) is 18.2 Å². The molecule has 1 aromatic carbocycles. The summed E-state index contributed by atoms with van der Waals surface area (Å²) in [4.78, 5) is 42.5. The highest BCUT2D eigenvalue weighted by Crippen LogP contribution is 2.41. The molecule has 1 N–H and O–H groups in total. The fourth-order valence-corrected chi connectivity index (χ4v) is 6.07. The molecule has 3 amide bonds. The Morgan fingerprint density at radius 1 is 0.976 bits per heavy atom. The van der Waals surface area contributed by atoms with Gasteiger partial charge in [-0.15, -0.1) is 0 Å². The van der Waals surface area contributed by atoms with Crippen molar-refractivity contribution in [2.75, 3.05) is 6.61 Å². The molecule has 8 heteroatoms. The van der Waals surface area contributed by atoms with Gasteiger partial charge >= 0.3 is 12.1 Å². The molecule has 1 aromatic rings. The van der Waals surface area contributed by atoms with Crippen molar-refractivity contribution in [2.45, 2.75) is 143 Å². The van der Waals surface area contributed by atoms with Crippen LogP contribution < -0.4 is 0 Å². The van der Waals surface area contributed by atoms with Crippen LogP contribution in [0.15, 0.2) is 23.2 Å². The molecule has 3 atom stereocenters. The first-order chi connectivity index (χ1) is 20.4. The first-order valence-electron chi connectivity index (χ1n) is 16.2. The van der Waals surface area contributed by atoms with Crippen LogP contribution in [-0.2, 0) is 27.3 Å². The molecule has 0 aliphatic carbocycles. The van der Waals surface area contributed by atoms with Gasteiger partial charge in [0.05, 0.1) is 25.4 Å². The van der Waals surface area contributed by atoms with Crippen molar-refractivity contribution in [3.05, 3.63) is 34.9 Å². The van der Waals surface area contributed by atoms with E-state index >= 15 is 0 Å². The van der Waals surface area contributed by atoms with Crippen LogP contribution in [0.2, 0.25) is 0 Å². The Kier molecular flexibility index (Phi) is 17.1. The number of nitrogens with zero attached hydrogens (tertiary/aromatic N) is 2. The Balaban J connectivity index is 2.12. The molecule has 0 spiro atoms. The first kappa shape index (κ1) is 35.5. The number of unbranched alkanes of at least 4 members (excludes halogenated alkanes) is 12. The van der Waals surface area contributed by atoms with Crippen LogP contribution in [0, 0.1) is 5.92 Å². The predicted octanol–water partition coefficient (Wildman–Crippen LogP) is 8.47. The zero-order chi connectivity index (χ0) is 30.7. The minimum Gasteiger partial charge on any atom is -0.465 e. The first-order valence-corrected chi connectivity index (χ1v) is 16.2. The van der Waals surface area contributed by atoms with Crippen molar-refractivity contribution in [1.82, 2.24) is 4.90 Å². The van der Waals surface area contributed by atoms with E-state index in [9.17, 15) is 19.5 Å². The van der Waals surface area contributed by atoms with Crippen molar-refractivity contribution in [2.24, 2.45) is 10.9 Å². The van der Waals surface area contributed by atoms with E-state index in [-0.39, 0.29) is 13.2 Å². The smallest absolute Gasteiger partial charge is 0.418 e. The van der Waals surface area contributed by atoms with Gasteiger partial charge in [-0.1, -0.05) is 102 Å². The molecule has 0 bridgehead atoms. The molecule has 0 fully saturated rings. The number of hydrogen-bond donors (Lipinski definition) is 1. The highest BCUT2D eigenvalue weighted by Gasteiger charge is 2.44. The maximum atomic E-state index is 13.1. The van der Waals surface area contributed by atoms with Crippen molar-refractivity contribution in [3.63, 3.8) is 0 Å². The molecule has 3 unspecified atom stereocenters. The molecular formula is C34H54N2O6.